The van der Waals surface area contributed by atoms with Crippen LogP contribution in [0.1, 0.15) is 43.8 Å². The van der Waals surface area contributed by atoms with Crippen molar-refractivity contribution >= 4 is 17.8 Å². The van der Waals surface area contributed by atoms with Crippen molar-refractivity contribution in [2.75, 3.05) is 6.54 Å². The zero-order valence-electron chi connectivity index (χ0n) is 14.0. The minimum Gasteiger partial charge on any atom is -0.481 e. The van der Waals surface area contributed by atoms with Gasteiger partial charge in [0, 0.05) is 6.42 Å². The number of amides is 1. The molecule has 0 aliphatic carbocycles. The highest BCUT2D eigenvalue weighted by molar-refractivity contribution is 5.83. The van der Waals surface area contributed by atoms with Gasteiger partial charge in [0.1, 0.15) is 6.10 Å². The normalized spacial score (nSPS) is 22.7. The first-order valence-corrected chi connectivity index (χ1v) is 8.45. The third-order valence-corrected chi connectivity index (χ3v) is 4.04. The number of hydrogen-bond donors (Lipinski definition) is 2. The van der Waals surface area contributed by atoms with Gasteiger partial charge in [-0.2, -0.15) is 0 Å². The molecule has 0 aromatic heterocycles. The van der Waals surface area contributed by atoms with Gasteiger partial charge in [0.2, 0.25) is 5.91 Å². The lowest BCUT2D eigenvalue weighted by atomic mass is 9.99. The first-order chi connectivity index (χ1) is 12.1. The highest BCUT2D eigenvalue weighted by Crippen LogP contribution is 2.19. The summed E-state index contributed by atoms with van der Waals surface area (Å²) < 4.78 is 5.52. The molecule has 6 heteroatoms. The number of carboxylic acid groups (broad SMARTS) is 1. The number of cyclic esters (lactones) is 1. The summed E-state index contributed by atoms with van der Waals surface area (Å²) in [5.41, 5.74) is 0.791. The third-order valence-electron chi connectivity index (χ3n) is 4.04. The van der Waals surface area contributed by atoms with Crippen LogP contribution in [0.4, 0.5) is 0 Å². The van der Waals surface area contributed by atoms with Crippen LogP contribution in [0.5, 0.6) is 0 Å². The predicted molar refractivity (Wildman–Crippen MR) is 91.6 cm³/mol. The Balaban J connectivity index is 2.14. The third kappa shape index (κ3) is 6.41. The van der Waals surface area contributed by atoms with E-state index in [0.717, 1.165) is 5.56 Å². The number of carboxylic acids is 1. The summed E-state index contributed by atoms with van der Waals surface area (Å²) in [6, 6.07) is 9.20. The molecule has 0 saturated carbocycles. The molecule has 2 atom stereocenters. The number of rotatable bonds is 3. The van der Waals surface area contributed by atoms with Crippen LogP contribution in [0, 0.1) is 5.92 Å². The van der Waals surface area contributed by atoms with Gasteiger partial charge in [-0.15, -0.1) is 0 Å². The number of nitrogens with one attached hydrogen (secondary N) is 1. The molecule has 25 heavy (non-hydrogen) atoms. The van der Waals surface area contributed by atoms with E-state index in [0.29, 0.717) is 25.7 Å². The first-order valence-electron chi connectivity index (χ1n) is 8.45. The lowest BCUT2D eigenvalue weighted by molar-refractivity contribution is -0.150. The van der Waals surface area contributed by atoms with Crippen LogP contribution in [-0.2, 0) is 19.1 Å². The van der Waals surface area contributed by atoms with Crippen molar-refractivity contribution in [1.29, 1.82) is 0 Å². The topological polar surface area (TPSA) is 92.7 Å². The van der Waals surface area contributed by atoms with Crippen LogP contribution in [0.25, 0.3) is 0 Å². The second-order valence-corrected chi connectivity index (χ2v) is 6.03. The predicted octanol–water partition coefficient (Wildman–Crippen LogP) is 2.61. The Bertz CT molecular complexity index is 626. The van der Waals surface area contributed by atoms with Crippen molar-refractivity contribution < 1.29 is 24.2 Å². The van der Waals surface area contributed by atoms with Gasteiger partial charge in [-0.1, -0.05) is 42.5 Å². The minimum absolute atomic E-state index is 0.119. The maximum Gasteiger partial charge on any atom is 0.306 e. The van der Waals surface area contributed by atoms with E-state index >= 15 is 0 Å². The van der Waals surface area contributed by atoms with Crippen LogP contribution >= 0.6 is 0 Å². The number of aliphatic carboxylic acids is 1. The molecule has 0 bridgehead atoms. The monoisotopic (exact) mass is 345 g/mol. The number of esters is 1. The van der Waals surface area contributed by atoms with Crippen molar-refractivity contribution in [2.45, 2.75) is 38.2 Å². The van der Waals surface area contributed by atoms with Gasteiger partial charge in [-0.25, -0.2) is 0 Å². The molecule has 2 N–H and O–H groups in total. The van der Waals surface area contributed by atoms with Crippen molar-refractivity contribution in [3.63, 3.8) is 0 Å². The Morgan fingerprint density at radius 1 is 1.20 bits per heavy atom. The van der Waals surface area contributed by atoms with E-state index in [4.69, 9.17) is 9.84 Å². The Hall–Kier alpha value is -2.63. The lowest BCUT2D eigenvalue weighted by Gasteiger charge is -2.20. The Labute approximate surface area is 146 Å². The minimum atomic E-state index is -1.01. The Morgan fingerprint density at radius 2 is 1.96 bits per heavy atom. The summed E-state index contributed by atoms with van der Waals surface area (Å²) in [5.74, 6) is -2.30. The van der Waals surface area contributed by atoms with Gasteiger partial charge in [0.25, 0.3) is 0 Å². The van der Waals surface area contributed by atoms with E-state index < -0.39 is 18.0 Å². The summed E-state index contributed by atoms with van der Waals surface area (Å²) in [6.45, 7) is 0.119. The van der Waals surface area contributed by atoms with Gasteiger partial charge in [0.15, 0.2) is 0 Å². The zero-order valence-corrected chi connectivity index (χ0v) is 14.0. The van der Waals surface area contributed by atoms with Crippen LogP contribution in [-0.4, -0.2) is 29.5 Å². The molecule has 0 fully saturated rings. The Morgan fingerprint density at radius 3 is 2.68 bits per heavy atom. The lowest BCUT2D eigenvalue weighted by Crippen LogP contribution is -2.35. The van der Waals surface area contributed by atoms with Crippen molar-refractivity contribution in [3.8, 4) is 0 Å². The average Bonchev–Trinajstić information content (AvgIpc) is 2.61. The number of allylic oxidation sites excluding steroid dienone is 2. The quantitative estimate of drug-likeness (QED) is 0.649. The highest BCUT2D eigenvalue weighted by Gasteiger charge is 2.23. The summed E-state index contributed by atoms with van der Waals surface area (Å²) in [7, 11) is 0. The summed E-state index contributed by atoms with van der Waals surface area (Å²) >= 11 is 0. The van der Waals surface area contributed by atoms with Crippen molar-refractivity contribution in [1.82, 2.24) is 5.32 Å². The van der Waals surface area contributed by atoms with Gasteiger partial charge in [-0.3, -0.25) is 14.4 Å². The number of benzene rings is 1. The number of carbonyl (C=O) groups is 3. The maximum atomic E-state index is 12.4. The summed E-state index contributed by atoms with van der Waals surface area (Å²) in [4.78, 5) is 35.4. The zero-order chi connectivity index (χ0) is 18.1. The SMILES string of the molecule is O=C(O)C[C@@H]1CC=CCCCC(=O)O[C@H](c2ccccc2)CNC1=O. The van der Waals surface area contributed by atoms with E-state index in [1.807, 2.05) is 42.5 Å². The molecule has 1 aliphatic rings. The van der Waals surface area contributed by atoms with Gasteiger partial charge >= 0.3 is 11.9 Å². The maximum absolute atomic E-state index is 12.4. The molecular formula is C19H23NO5. The largest absolute Gasteiger partial charge is 0.481 e. The van der Waals surface area contributed by atoms with Gasteiger partial charge < -0.3 is 15.2 Å². The molecule has 1 aliphatic heterocycles. The van der Waals surface area contributed by atoms with Crippen LogP contribution in [0.2, 0.25) is 0 Å². The number of hydrogen-bond acceptors (Lipinski definition) is 4. The summed E-state index contributed by atoms with van der Waals surface area (Å²) in [6.07, 6.45) is 4.88. The molecule has 0 spiro atoms. The molecule has 1 amide bonds. The standard InChI is InChI=1S/C19H23NO5/c21-17(22)12-15-10-4-1-2-7-11-18(23)25-16(13-20-19(15)24)14-8-5-3-6-9-14/h1,3-6,8-9,15-16H,2,7,10-13H2,(H,20,24)(H,21,22)/t15-,16-/m0/s1. The number of carbonyl (C=O) groups excluding carboxylic acids is 2. The smallest absolute Gasteiger partial charge is 0.306 e. The average molecular weight is 345 g/mol. The molecule has 134 valence electrons. The van der Waals surface area contributed by atoms with E-state index in [9.17, 15) is 14.4 Å². The molecule has 0 unspecified atom stereocenters. The van der Waals surface area contributed by atoms with Gasteiger partial charge in [-0.05, 0) is 24.8 Å². The molecule has 1 aromatic rings. The highest BCUT2D eigenvalue weighted by atomic mass is 16.5. The molecule has 1 heterocycles. The second-order valence-electron chi connectivity index (χ2n) is 6.03. The Kier molecular flexibility index (Phi) is 7.19. The second kappa shape index (κ2) is 9.61. The number of ether oxygens (including phenoxy) is 1. The molecular weight excluding hydrogens is 322 g/mol. The van der Waals surface area contributed by atoms with E-state index in [2.05, 4.69) is 5.32 Å². The van der Waals surface area contributed by atoms with E-state index in [-0.39, 0.29) is 24.8 Å². The van der Waals surface area contributed by atoms with Crippen LogP contribution in [0.15, 0.2) is 42.5 Å². The van der Waals surface area contributed by atoms with E-state index in [1.165, 1.54) is 0 Å². The van der Waals surface area contributed by atoms with Crippen molar-refractivity contribution in [2.24, 2.45) is 5.92 Å². The molecule has 0 radical (unpaired) electrons. The molecule has 0 saturated heterocycles. The first kappa shape index (κ1) is 18.7. The molecule has 1 aromatic carbocycles. The fourth-order valence-corrected chi connectivity index (χ4v) is 2.69. The fourth-order valence-electron chi connectivity index (χ4n) is 2.69. The van der Waals surface area contributed by atoms with Crippen LogP contribution in [0.3, 0.4) is 0 Å². The molecule has 2 rings (SSSR count). The van der Waals surface area contributed by atoms with E-state index in [1.54, 1.807) is 0 Å². The van der Waals surface area contributed by atoms with Gasteiger partial charge in [0.05, 0.1) is 18.9 Å². The van der Waals surface area contributed by atoms with Crippen LogP contribution < -0.4 is 5.32 Å². The summed E-state index contributed by atoms with van der Waals surface area (Å²) in [5, 5.41) is 11.7. The van der Waals surface area contributed by atoms with Crippen molar-refractivity contribution in [3.05, 3.63) is 48.0 Å². The molecule has 6 nitrogen and oxygen atoms in total. The fraction of sp³-hybridized carbons (Fsp3) is 0.421.